The molecule has 0 unspecified atom stereocenters. The van der Waals surface area contributed by atoms with Crippen LogP contribution in [0, 0.1) is 13.8 Å². The minimum Gasteiger partial charge on any atom is -0.439 e. The number of pyridine rings is 1. The molecule has 156 valence electrons. The van der Waals surface area contributed by atoms with Gasteiger partial charge in [0.1, 0.15) is 17.8 Å². The molecule has 0 saturated carbocycles. The lowest BCUT2D eigenvalue weighted by Crippen LogP contribution is -2.34. The maximum Gasteiger partial charge on any atom is 0.278 e. The van der Waals surface area contributed by atoms with E-state index in [0.29, 0.717) is 16.8 Å². The van der Waals surface area contributed by atoms with Gasteiger partial charge in [0, 0.05) is 18.8 Å². The Hall–Kier alpha value is -4.07. The van der Waals surface area contributed by atoms with Crippen LogP contribution in [0.4, 0.5) is 0 Å². The lowest BCUT2D eigenvalue weighted by molar-refractivity contribution is -0.122. The van der Waals surface area contributed by atoms with Crippen molar-refractivity contribution in [1.82, 2.24) is 25.3 Å². The summed E-state index contributed by atoms with van der Waals surface area (Å²) in [5, 5.41) is 11.0. The molecule has 2 aromatic carbocycles. The van der Waals surface area contributed by atoms with Crippen molar-refractivity contribution in [2.45, 2.75) is 26.9 Å². The van der Waals surface area contributed by atoms with E-state index in [1.165, 1.54) is 0 Å². The van der Waals surface area contributed by atoms with E-state index in [0.717, 1.165) is 27.1 Å². The largest absolute Gasteiger partial charge is 0.439 e. The van der Waals surface area contributed by atoms with Crippen LogP contribution in [0.15, 0.2) is 65.6 Å². The number of hydrogen-bond acceptors (Lipinski definition) is 6. The fourth-order valence-electron chi connectivity index (χ4n) is 3.03. The minimum atomic E-state index is -0.352. The van der Waals surface area contributed by atoms with Crippen molar-refractivity contribution in [3.05, 3.63) is 87.8 Å². The number of aryl methyl sites for hydroxylation is 2. The van der Waals surface area contributed by atoms with Gasteiger partial charge in [0.15, 0.2) is 0 Å². The monoisotopic (exact) mass is 415 g/mol. The van der Waals surface area contributed by atoms with Gasteiger partial charge in [0.05, 0.1) is 5.39 Å². The third kappa shape index (κ3) is 4.75. The Kier molecular flexibility index (Phi) is 5.70. The highest BCUT2D eigenvalue weighted by Gasteiger charge is 2.10. The van der Waals surface area contributed by atoms with Gasteiger partial charge in [-0.15, -0.1) is 5.10 Å². The van der Waals surface area contributed by atoms with E-state index >= 15 is 0 Å². The van der Waals surface area contributed by atoms with Crippen molar-refractivity contribution in [3.8, 4) is 11.6 Å². The lowest BCUT2D eigenvalue weighted by atomic mass is 10.1. The number of carbonyl (C=O) groups excluding carboxylic acids is 1. The predicted octanol–water partition coefficient (Wildman–Crippen LogP) is 2.91. The molecule has 8 heteroatoms. The molecule has 0 fully saturated rings. The summed E-state index contributed by atoms with van der Waals surface area (Å²) in [5.41, 5.74) is 3.08. The van der Waals surface area contributed by atoms with Crippen molar-refractivity contribution < 1.29 is 9.53 Å². The zero-order valence-electron chi connectivity index (χ0n) is 17.2. The number of rotatable bonds is 6. The second-order valence-electron chi connectivity index (χ2n) is 7.22. The summed E-state index contributed by atoms with van der Waals surface area (Å²) in [4.78, 5) is 29.0. The first-order valence-electron chi connectivity index (χ1n) is 9.79. The number of benzene rings is 2. The number of nitrogens with one attached hydrogen (secondary N) is 1. The van der Waals surface area contributed by atoms with E-state index in [1.807, 2.05) is 38.1 Å². The Morgan fingerprint density at radius 3 is 2.74 bits per heavy atom. The van der Waals surface area contributed by atoms with Gasteiger partial charge in [-0.2, -0.15) is 0 Å². The van der Waals surface area contributed by atoms with Crippen LogP contribution in [0.3, 0.4) is 0 Å². The van der Waals surface area contributed by atoms with Crippen LogP contribution in [0.2, 0.25) is 0 Å². The Labute approximate surface area is 178 Å². The summed E-state index contributed by atoms with van der Waals surface area (Å²) < 4.78 is 6.90. The highest BCUT2D eigenvalue weighted by Crippen LogP contribution is 2.24. The van der Waals surface area contributed by atoms with Gasteiger partial charge in [-0.1, -0.05) is 35.5 Å². The van der Waals surface area contributed by atoms with Crippen molar-refractivity contribution in [3.63, 3.8) is 0 Å². The number of ether oxygens (including phenoxy) is 1. The molecule has 2 aromatic heterocycles. The van der Waals surface area contributed by atoms with Crippen molar-refractivity contribution in [1.29, 1.82) is 0 Å². The second kappa shape index (κ2) is 8.74. The second-order valence-corrected chi connectivity index (χ2v) is 7.22. The molecule has 0 aliphatic rings. The van der Waals surface area contributed by atoms with Crippen LogP contribution in [0.5, 0.6) is 11.6 Å². The van der Waals surface area contributed by atoms with Gasteiger partial charge in [-0.25, -0.2) is 9.67 Å². The molecular formula is C23H21N5O3. The number of aromatic nitrogens is 4. The molecule has 0 radical (unpaired) electrons. The molecule has 8 nitrogen and oxygen atoms in total. The van der Waals surface area contributed by atoms with Gasteiger partial charge in [0.2, 0.25) is 11.8 Å². The normalized spacial score (nSPS) is 10.8. The van der Waals surface area contributed by atoms with E-state index in [2.05, 4.69) is 20.6 Å². The summed E-state index contributed by atoms with van der Waals surface area (Å²) in [6.45, 7) is 4.04. The molecule has 0 bridgehead atoms. The molecule has 4 aromatic rings. The van der Waals surface area contributed by atoms with Gasteiger partial charge in [-0.3, -0.25) is 9.59 Å². The first-order valence-corrected chi connectivity index (χ1v) is 9.79. The molecule has 1 N–H and O–H groups in total. The smallest absolute Gasteiger partial charge is 0.278 e. The van der Waals surface area contributed by atoms with Crippen LogP contribution < -0.4 is 15.6 Å². The van der Waals surface area contributed by atoms with Crippen molar-refractivity contribution in [2.24, 2.45) is 0 Å². The zero-order valence-corrected chi connectivity index (χ0v) is 17.2. The van der Waals surface area contributed by atoms with Gasteiger partial charge >= 0.3 is 0 Å². The number of fused-ring (bicyclic) bond motifs is 1. The zero-order chi connectivity index (χ0) is 21.8. The molecule has 0 aliphatic heterocycles. The molecule has 1 amide bonds. The number of nitrogens with zero attached hydrogens (tertiary/aromatic N) is 4. The molecular weight excluding hydrogens is 394 g/mol. The first-order chi connectivity index (χ1) is 15.0. The summed E-state index contributed by atoms with van der Waals surface area (Å²) >= 11 is 0. The Morgan fingerprint density at radius 1 is 1.10 bits per heavy atom. The van der Waals surface area contributed by atoms with Gasteiger partial charge in [-0.05, 0) is 48.7 Å². The Balaban J connectivity index is 1.36. The van der Waals surface area contributed by atoms with Crippen LogP contribution in [-0.2, 0) is 17.9 Å². The third-order valence-corrected chi connectivity index (χ3v) is 4.77. The average Bonchev–Trinajstić information content (AvgIpc) is 2.78. The van der Waals surface area contributed by atoms with E-state index in [4.69, 9.17) is 4.74 Å². The van der Waals surface area contributed by atoms with Crippen LogP contribution in [-0.4, -0.2) is 25.9 Å². The molecule has 0 atom stereocenters. The van der Waals surface area contributed by atoms with Crippen molar-refractivity contribution >= 4 is 16.8 Å². The van der Waals surface area contributed by atoms with Gasteiger partial charge in [0.25, 0.3) is 5.56 Å². The van der Waals surface area contributed by atoms with Crippen LogP contribution in [0.25, 0.3) is 10.9 Å². The minimum absolute atomic E-state index is 0.210. The highest BCUT2D eigenvalue weighted by atomic mass is 16.5. The van der Waals surface area contributed by atoms with Crippen molar-refractivity contribution in [2.75, 3.05) is 0 Å². The summed E-state index contributed by atoms with van der Waals surface area (Å²) in [6, 6.07) is 16.5. The molecule has 0 spiro atoms. The summed E-state index contributed by atoms with van der Waals surface area (Å²) in [5.74, 6) is 0.889. The average molecular weight is 415 g/mol. The van der Waals surface area contributed by atoms with E-state index < -0.39 is 0 Å². The Morgan fingerprint density at radius 2 is 1.94 bits per heavy atom. The number of amides is 1. The van der Waals surface area contributed by atoms with E-state index in [-0.39, 0.29) is 24.6 Å². The van der Waals surface area contributed by atoms with Gasteiger partial charge < -0.3 is 10.1 Å². The standard InChI is InChI=1S/C23H21N5O3/c1-15-7-8-16(2)20(11-15)31-22-10-9-17(13-25-22)12-24-21(29)14-28-23(30)18-5-3-4-6-19(18)26-27-28/h3-11,13H,12,14H2,1-2H3,(H,24,29). The predicted molar refractivity (Wildman–Crippen MR) is 116 cm³/mol. The van der Waals surface area contributed by atoms with Crippen LogP contribution >= 0.6 is 0 Å². The molecule has 4 rings (SSSR count). The topological polar surface area (TPSA) is 99.0 Å². The fraction of sp³-hybridized carbons (Fsp3) is 0.174. The van der Waals surface area contributed by atoms with E-state index in [9.17, 15) is 9.59 Å². The highest BCUT2D eigenvalue weighted by molar-refractivity contribution is 5.78. The number of carbonyl (C=O) groups is 1. The SMILES string of the molecule is Cc1ccc(C)c(Oc2ccc(CNC(=O)Cn3nnc4ccccc4c3=O)cn2)c1. The maximum absolute atomic E-state index is 12.4. The lowest BCUT2D eigenvalue weighted by Gasteiger charge is -2.10. The fourth-order valence-corrected chi connectivity index (χ4v) is 3.03. The third-order valence-electron chi connectivity index (χ3n) is 4.77. The quantitative estimate of drug-likeness (QED) is 0.520. The maximum atomic E-state index is 12.4. The molecule has 2 heterocycles. The van der Waals surface area contributed by atoms with E-state index in [1.54, 1.807) is 36.5 Å². The first kappa shape index (κ1) is 20.2. The number of hydrogen-bond donors (Lipinski definition) is 1. The Bertz CT molecular complexity index is 1300. The van der Waals surface area contributed by atoms with Crippen LogP contribution in [0.1, 0.15) is 16.7 Å². The molecule has 0 aliphatic carbocycles. The summed E-state index contributed by atoms with van der Waals surface area (Å²) in [7, 11) is 0. The molecule has 31 heavy (non-hydrogen) atoms. The summed E-state index contributed by atoms with van der Waals surface area (Å²) in [6.07, 6.45) is 1.64. The molecule has 0 saturated heterocycles.